The number of aliphatic imine (C=N–C) groups is 2. The Balaban J connectivity index is 1.45. The molecule has 4 aliphatic heterocycles. The molecule has 0 aromatic rings. The second-order valence-electron chi connectivity index (χ2n) is 7.97. The zero-order valence-corrected chi connectivity index (χ0v) is 17.0. The topological polar surface area (TPSA) is 58.0 Å². The molecule has 6 heteroatoms. The highest BCUT2D eigenvalue weighted by atomic mass is 35.5. The van der Waals surface area contributed by atoms with Gasteiger partial charge in [-0.3, -0.25) is 9.98 Å². The molecule has 5 unspecified atom stereocenters. The number of halogens is 1. The quantitative estimate of drug-likeness (QED) is 0.762. The van der Waals surface area contributed by atoms with Gasteiger partial charge in [-0.1, -0.05) is 32.4 Å². The van der Waals surface area contributed by atoms with Crippen LogP contribution in [0.3, 0.4) is 0 Å². The molecule has 0 bridgehead atoms. The fourth-order valence-corrected chi connectivity index (χ4v) is 4.23. The van der Waals surface area contributed by atoms with Crippen molar-refractivity contribution in [3.8, 4) is 0 Å². The van der Waals surface area contributed by atoms with Gasteiger partial charge in [-0.15, -0.1) is 0 Å². The van der Waals surface area contributed by atoms with Crippen molar-refractivity contribution in [1.29, 1.82) is 0 Å². The van der Waals surface area contributed by atoms with Crippen LogP contribution in [0.25, 0.3) is 0 Å². The van der Waals surface area contributed by atoms with Crippen LogP contribution in [0.1, 0.15) is 27.2 Å². The molecular formula is C21H27ClN4O. The van der Waals surface area contributed by atoms with E-state index >= 15 is 0 Å². The number of hydrogen-bond donors (Lipinski definition) is 2. The summed E-state index contributed by atoms with van der Waals surface area (Å²) in [6.07, 6.45) is 11.3. The molecule has 0 radical (unpaired) electrons. The van der Waals surface area contributed by atoms with Crippen molar-refractivity contribution in [2.45, 2.75) is 51.4 Å². The SMILES string of the molecule is COC1=CC2NC(C(C)CC3=NC4C=C(C(C)C)NC4C=C3Cl)=CC2N=C1. The Morgan fingerprint density at radius 1 is 1.04 bits per heavy atom. The summed E-state index contributed by atoms with van der Waals surface area (Å²) in [5.41, 5.74) is 3.45. The molecule has 0 aliphatic carbocycles. The lowest BCUT2D eigenvalue weighted by molar-refractivity contribution is 0.311. The lowest BCUT2D eigenvalue weighted by Gasteiger charge is -2.24. The first-order valence-corrected chi connectivity index (χ1v) is 10.0. The number of dihydropyridines is 2. The number of fused-ring (bicyclic) bond motifs is 2. The number of ether oxygens (including phenoxy) is 1. The third-order valence-electron chi connectivity index (χ3n) is 5.62. The number of nitrogens with one attached hydrogen (secondary N) is 2. The van der Waals surface area contributed by atoms with Gasteiger partial charge < -0.3 is 15.4 Å². The molecule has 27 heavy (non-hydrogen) atoms. The molecule has 0 amide bonds. The van der Waals surface area contributed by atoms with E-state index in [1.807, 2.05) is 0 Å². The highest BCUT2D eigenvalue weighted by Gasteiger charge is 2.33. The summed E-state index contributed by atoms with van der Waals surface area (Å²) in [5.74, 6) is 1.58. The molecule has 0 spiro atoms. The first-order valence-electron chi connectivity index (χ1n) is 9.64. The standard InChI is InChI=1S/C21H27ClN4O/c1-11(2)15-8-21-20(24-15)7-14(22)17(26-21)5-12(3)16-9-18-19(25-16)6-13(27-4)10-23-18/h6-12,18-21,24-25H,5H2,1-4H3. The Kier molecular flexibility index (Phi) is 4.89. The van der Waals surface area contributed by atoms with Crippen molar-refractivity contribution in [3.05, 3.63) is 46.5 Å². The van der Waals surface area contributed by atoms with E-state index in [9.17, 15) is 0 Å². The number of nitrogens with zero attached hydrogens (tertiary/aromatic N) is 2. The largest absolute Gasteiger partial charge is 0.495 e. The van der Waals surface area contributed by atoms with Crippen LogP contribution in [0.2, 0.25) is 0 Å². The Bertz CT molecular complexity index is 805. The maximum atomic E-state index is 6.56. The predicted molar refractivity (Wildman–Crippen MR) is 111 cm³/mol. The fourth-order valence-electron chi connectivity index (χ4n) is 3.97. The van der Waals surface area contributed by atoms with Crippen LogP contribution in [0.15, 0.2) is 56.5 Å². The van der Waals surface area contributed by atoms with E-state index in [2.05, 4.69) is 60.7 Å². The van der Waals surface area contributed by atoms with Crippen LogP contribution in [0.5, 0.6) is 0 Å². The van der Waals surface area contributed by atoms with E-state index in [1.54, 1.807) is 13.3 Å². The monoisotopic (exact) mass is 386 g/mol. The molecule has 0 fully saturated rings. The van der Waals surface area contributed by atoms with E-state index in [0.29, 0.717) is 11.8 Å². The summed E-state index contributed by atoms with van der Waals surface area (Å²) in [6, 6.07) is 0.645. The second-order valence-corrected chi connectivity index (χ2v) is 8.37. The Hall–Kier alpha value is -2.01. The van der Waals surface area contributed by atoms with E-state index in [-0.39, 0.29) is 24.2 Å². The lowest BCUT2D eigenvalue weighted by atomic mass is 9.96. The summed E-state index contributed by atoms with van der Waals surface area (Å²) >= 11 is 6.56. The summed E-state index contributed by atoms with van der Waals surface area (Å²) in [5, 5.41) is 7.88. The van der Waals surface area contributed by atoms with Crippen LogP contribution in [-0.4, -0.2) is 43.2 Å². The van der Waals surface area contributed by atoms with E-state index < -0.39 is 0 Å². The minimum Gasteiger partial charge on any atom is -0.495 e. The Morgan fingerprint density at radius 3 is 2.48 bits per heavy atom. The molecule has 5 nitrogen and oxygen atoms in total. The average Bonchev–Trinajstić information content (AvgIpc) is 3.24. The smallest absolute Gasteiger partial charge is 0.134 e. The summed E-state index contributed by atoms with van der Waals surface area (Å²) in [7, 11) is 1.67. The van der Waals surface area contributed by atoms with Crippen molar-refractivity contribution >= 4 is 23.5 Å². The van der Waals surface area contributed by atoms with E-state index in [1.165, 1.54) is 11.4 Å². The number of rotatable bonds is 5. The first-order chi connectivity index (χ1) is 12.9. The van der Waals surface area contributed by atoms with Gasteiger partial charge in [-0.2, -0.15) is 0 Å². The fraction of sp³-hybridized carbons (Fsp3) is 0.524. The maximum absolute atomic E-state index is 6.56. The van der Waals surface area contributed by atoms with Crippen LogP contribution in [0.4, 0.5) is 0 Å². The van der Waals surface area contributed by atoms with Crippen molar-refractivity contribution in [2.24, 2.45) is 21.8 Å². The molecule has 0 saturated heterocycles. The molecule has 4 rings (SSSR count). The average molecular weight is 387 g/mol. The van der Waals surface area contributed by atoms with Gasteiger partial charge in [0, 0.05) is 17.3 Å². The lowest BCUT2D eigenvalue weighted by Crippen LogP contribution is -2.34. The third-order valence-corrected chi connectivity index (χ3v) is 5.96. The third kappa shape index (κ3) is 3.57. The van der Waals surface area contributed by atoms with Gasteiger partial charge in [0.1, 0.15) is 5.76 Å². The molecule has 0 aromatic carbocycles. The van der Waals surface area contributed by atoms with Crippen LogP contribution in [0, 0.1) is 11.8 Å². The van der Waals surface area contributed by atoms with Gasteiger partial charge in [0.05, 0.1) is 48.2 Å². The minimum atomic E-state index is 0.139. The summed E-state index contributed by atoms with van der Waals surface area (Å²) in [6.45, 7) is 6.59. The van der Waals surface area contributed by atoms with E-state index in [0.717, 1.165) is 22.9 Å². The Labute approximate surface area is 166 Å². The molecule has 4 aliphatic rings. The highest BCUT2D eigenvalue weighted by Crippen LogP contribution is 2.31. The first kappa shape index (κ1) is 18.4. The van der Waals surface area contributed by atoms with Crippen molar-refractivity contribution < 1.29 is 4.74 Å². The predicted octanol–water partition coefficient (Wildman–Crippen LogP) is 3.31. The number of hydrogen-bond acceptors (Lipinski definition) is 5. The van der Waals surface area contributed by atoms with E-state index in [4.69, 9.17) is 21.3 Å². The molecule has 144 valence electrons. The highest BCUT2D eigenvalue weighted by molar-refractivity contribution is 6.43. The normalized spacial score (nSPS) is 32.3. The summed E-state index contributed by atoms with van der Waals surface area (Å²) in [4.78, 5) is 9.51. The van der Waals surface area contributed by atoms with Gasteiger partial charge >= 0.3 is 0 Å². The molecular weight excluding hydrogens is 360 g/mol. The molecule has 4 heterocycles. The molecule has 5 atom stereocenters. The van der Waals surface area contributed by atoms with Crippen molar-refractivity contribution in [2.75, 3.05) is 7.11 Å². The van der Waals surface area contributed by atoms with Gasteiger partial charge in [0.15, 0.2) is 0 Å². The zero-order valence-electron chi connectivity index (χ0n) is 16.2. The molecule has 0 saturated carbocycles. The van der Waals surface area contributed by atoms with Gasteiger partial charge in [-0.05, 0) is 36.6 Å². The van der Waals surface area contributed by atoms with Crippen molar-refractivity contribution in [3.63, 3.8) is 0 Å². The Morgan fingerprint density at radius 2 is 1.74 bits per heavy atom. The molecule has 2 N–H and O–H groups in total. The van der Waals surface area contributed by atoms with Gasteiger partial charge in [0.25, 0.3) is 0 Å². The maximum Gasteiger partial charge on any atom is 0.134 e. The van der Waals surface area contributed by atoms with Crippen LogP contribution in [-0.2, 0) is 4.74 Å². The van der Waals surface area contributed by atoms with Crippen LogP contribution >= 0.6 is 11.6 Å². The zero-order chi connectivity index (χ0) is 19.1. The second kappa shape index (κ2) is 7.19. The van der Waals surface area contributed by atoms with Crippen LogP contribution < -0.4 is 10.6 Å². The number of methoxy groups -OCH3 is 1. The molecule has 0 aromatic heterocycles. The van der Waals surface area contributed by atoms with Gasteiger partial charge in [0.2, 0.25) is 0 Å². The number of allylic oxidation sites excluding steroid dienone is 4. The minimum absolute atomic E-state index is 0.139. The summed E-state index contributed by atoms with van der Waals surface area (Å²) < 4.78 is 5.29. The van der Waals surface area contributed by atoms with Crippen molar-refractivity contribution in [1.82, 2.24) is 10.6 Å². The van der Waals surface area contributed by atoms with Gasteiger partial charge in [-0.25, -0.2) is 0 Å².